The van der Waals surface area contributed by atoms with Crippen LogP contribution in [0, 0.1) is 17.3 Å². The first kappa shape index (κ1) is 43.9. The number of carbonyl (C=O) groups is 7. The fourth-order valence-corrected chi connectivity index (χ4v) is 8.36. The van der Waals surface area contributed by atoms with Gasteiger partial charge in [-0.2, -0.15) is 0 Å². The fourth-order valence-electron chi connectivity index (χ4n) is 8.36. The average Bonchev–Trinajstić information content (AvgIpc) is 3.31. The Kier molecular flexibility index (Phi) is 13.1. The number of hydrogen-bond donors (Lipinski definition) is 2. The Morgan fingerprint density at radius 1 is 0.768 bits per heavy atom. The molecule has 11 atom stereocenters. The van der Waals surface area contributed by atoms with Gasteiger partial charge in [-0.3, -0.25) is 28.8 Å². The van der Waals surface area contributed by atoms with Crippen LogP contribution in [0.2, 0.25) is 0 Å². The number of carbonyl (C=O) groups excluding carboxylic acids is 7. The van der Waals surface area contributed by atoms with Gasteiger partial charge in [-0.15, -0.1) is 0 Å². The number of hydrogen-bond acceptors (Lipinski definition) is 16. The topological polar surface area (TPSA) is 225 Å². The lowest BCUT2D eigenvalue weighted by Crippen LogP contribution is -2.70. The quantitative estimate of drug-likeness (QED) is 0.219. The second-order valence-corrected chi connectivity index (χ2v) is 15.6. The molecule has 0 aromatic heterocycles. The molecule has 1 aromatic carbocycles. The van der Waals surface area contributed by atoms with E-state index in [2.05, 4.69) is 0 Å². The van der Waals surface area contributed by atoms with E-state index in [1.807, 2.05) is 0 Å². The maximum Gasteiger partial charge on any atom is 0.338 e. The molecule has 0 spiro atoms. The number of fused-ring (bicyclic) bond motifs is 1. The molecule has 16 nitrogen and oxygen atoms in total. The summed E-state index contributed by atoms with van der Waals surface area (Å²) in [6.07, 6.45) is -10.1. The summed E-state index contributed by atoms with van der Waals surface area (Å²) < 4.78 is 41.5. The van der Waals surface area contributed by atoms with Gasteiger partial charge in [0.25, 0.3) is 0 Å². The number of benzene rings is 1. The van der Waals surface area contributed by atoms with Crippen molar-refractivity contribution in [1.29, 1.82) is 0 Å². The van der Waals surface area contributed by atoms with Crippen LogP contribution in [0.15, 0.2) is 42.5 Å². The molecule has 4 rings (SSSR count). The smallest absolute Gasteiger partial charge is 0.338 e. The molecule has 16 heteroatoms. The predicted molar refractivity (Wildman–Crippen MR) is 192 cm³/mol. The van der Waals surface area contributed by atoms with E-state index in [0.29, 0.717) is 0 Å². The third kappa shape index (κ3) is 9.07. The van der Waals surface area contributed by atoms with E-state index in [4.69, 9.17) is 33.2 Å². The van der Waals surface area contributed by atoms with Gasteiger partial charge in [-0.1, -0.05) is 58.0 Å². The van der Waals surface area contributed by atoms with Crippen LogP contribution < -0.4 is 0 Å². The predicted octanol–water partition coefficient (Wildman–Crippen LogP) is 3.07. The zero-order valence-electron chi connectivity index (χ0n) is 33.1. The third-order valence-corrected chi connectivity index (χ3v) is 10.6. The van der Waals surface area contributed by atoms with Gasteiger partial charge in [0.2, 0.25) is 0 Å². The van der Waals surface area contributed by atoms with E-state index < -0.39 is 132 Å². The minimum absolute atomic E-state index is 0.0266. The van der Waals surface area contributed by atoms with Crippen LogP contribution >= 0.6 is 0 Å². The highest BCUT2D eigenvalue weighted by Crippen LogP contribution is 2.56. The molecule has 11 unspecified atom stereocenters. The van der Waals surface area contributed by atoms with Crippen LogP contribution in [-0.2, 0) is 61.9 Å². The number of rotatable bonds is 8. The molecule has 1 saturated carbocycles. The fraction of sp³-hybridized carbons (Fsp3) is 0.625. The van der Waals surface area contributed by atoms with E-state index in [1.54, 1.807) is 51.1 Å². The first-order chi connectivity index (χ1) is 26.0. The van der Waals surface area contributed by atoms with Crippen molar-refractivity contribution in [3.63, 3.8) is 0 Å². The van der Waals surface area contributed by atoms with E-state index in [1.165, 1.54) is 26.0 Å². The molecule has 2 N–H and O–H groups in total. The summed E-state index contributed by atoms with van der Waals surface area (Å²) in [5.74, 6) is -9.30. The number of esters is 7. The lowest BCUT2D eigenvalue weighted by molar-refractivity contribution is -0.263. The van der Waals surface area contributed by atoms with Crippen molar-refractivity contribution in [2.24, 2.45) is 17.3 Å². The lowest BCUT2D eigenvalue weighted by atomic mass is 9.66. The summed E-state index contributed by atoms with van der Waals surface area (Å²) in [7, 11) is 0. The van der Waals surface area contributed by atoms with E-state index in [-0.39, 0.29) is 12.0 Å². The van der Waals surface area contributed by atoms with Crippen molar-refractivity contribution in [3.05, 3.63) is 48.0 Å². The van der Waals surface area contributed by atoms with Gasteiger partial charge >= 0.3 is 41.8 Å². The first-order valence-corrected chi connectivity index (χ1v) is 18.5. The summed E-state index contributed by atoms with van der Waals surface area (Å²) in [5.41, 5.74) is -8.62. The van der Waals surface area contributed by atoms with Gasteiger partial charge in [-0.25, -0.2) is 4.79 Å². The van der Waals surface area contributed by atoms with Crippen LogP contribution in [0.3, 0.4) is 0 Å². The molecule has 2 bridgehead atoms. The maximum absolute atomic E-state index is 14.2. The molecule has 2 aliphatic carbocycles. The first-order valence-electron chi connectivity index (χ1n) is 18.5. The molecule has 1 aliphatic heterocycles. The summed E-state index contributed by atoms with van der Waals surface area (Å²) in [6.45, 7) is 11.9. The van der Waals surface area contributed by atoms with Crippen LogP contribution in [-0.4, -0.2) is 105 Å². The Bertz CT molecular complexity index is 1720. The lowest BCUT2D eigenvalue weighted by Gasteiger charge is -2.52. The molecule has 2 fully saturated rings. The van der Waals surface area contributed by atoms with Gasteiger partial charge in [0.15, 0.2) is 24.4 Å². The van der Waals surface area contributed by atoms with Gasteiger partial charge in [0, 0.05) is 58.3 Å². The molecular formula is C40H52O16. The van der Waals surface area contributed by atoms with Crippen molar-refractivity contribution in [2.75, 3.05) is 0 Å². The van der Waals surface area contributed by atoms with E-state index in [9.17, 15) is 43.8 Å². The second kappa shape index (κ2) is 16.7. The number of ether oxygens (including phenoxy) is 7. The highest BCUT2D eigenvalue weighted by molar-refractivity contribution is 5.89. The highest BCUT2D eigenvalue weighted by Gasteiger charge is 2.74. The summed E-state index contributed by atoms with van der Waals surface area (Å²) >= 11 is 0. The van der Waals surface area contributed by atoms with Crippen molar-refractivity contribution < 1.29 is 76.9 Å². The zero-order valence-corrected chi connectivity index (χ0v) is 33.1. The Morgan fingerprint density at radius 2 is 1.36 bits per heavy atom. The number of aliphatic hydroxyl groups is 2. The van der Waals surface area contributed by atoms with Gasteiger partial charge < -0.3 is 43.4 Å². The molecule has 3 aliphatic rings. The van der Waals surface area contributed by atoms with Gasteiger partial charge in [0.05, 0.1) is 11.5 Å². The minimum atomic E-state index is -2.82. The van der Waals surface area contributed by atoms with E-state index in [0.717, 1.165) is 27.7 Å². The molecule has 1 saturated heterocycles. The highest BCUT2D eigenvalue weighted by atomic mass is 16.6. The van der Waals surface area contributed by atoms with Crippen molar-refractivity contribution in [1.82, 2.24) is 0 Å². The molecule has 0 amide bonds. The van der Waals surface area contributed by atoms with Crippen molar-refractivity contribution >= 4 is 41.8 Å². The SMILES string of the molecule is CCC(=O)OC1C(OC(C)=O)C(OC(C)=O)C(C)(C)C=CC(C)C(OC(C)=O)C2(O)CC(C)(OC(C)=O)C3OC(=O)CCC1(O)C(OC(=O)c1ccccc1)C32. The van der Waals surface area contributed by atoms with E-state index >= 15 is 0 Å². The van der Waals surface area contributed by atoms with Gasteiger partial charge in [-0.05, 0) is 25.5 Å². The Morgan fingerprint density at radius 3 is 1.91 bits per heavy atom. The molecule has 56 heavy (non-hydrogen) atoms. The standard InChI is InChI=1S/C40H52O16/c1-10-27(45)53-35-30(50-22(3)41)34(52-24(5)43)37(7,8)18-16-21(2)31(51-23(4)42)40(49)20-38(9,56-25(6)44)32-29(40)33(39(35,48)19-17-28(46)54-32)55-36(47)26-14-12-11-13-15-26/h11-16,18,21,29-35,48-49H,10,17,19-20H2,1-9H3. The van der Waals surface area contributed by atoms with Crippen molar-refractivity contribution in [3.8, 4) is 0 Å². The molecular weight excluding hydrogens is 736 g/mol. The van der Waals surface area contributed by atoms with Crippen molar-refractivity contribution in [2.45, 2.75) is 141 Å². The minimum Gasteiger partial charge on any atom is -0.459 e. The Hall–Kier alpha value is -4.83. The largest absolute Gasteiger partial charge is 0.459 e. The molecule has 1 aromatic rings. The normalized spacial score (nSPS) is 35.1. The van der Waals surface area contributed by atoms with Crippen LogP contribution in [0.1, 0.15) is 98.4 Å². The zero-order chi connectivity index (χ0) is 42.0. The molecule has 1 heterocycles. The summed E-state index contributed by atoms with van der Waals surface area (Å²) in [6, 6.07) is 7.54. The average molecular weight is 789 g/mol. The van der Waals surface area contributed by atoms with Crippen LogP contribution in [0.25, 0.3) is 0 Å². The van der Waals surface area contributed by atoms with Crippen LogP contribution in [0.5, 0.6) is 0 Å². The second-order valence-electron chi connectivity index (χ2n) is 15.6. The van der Waals surface area contributed by atoms with Crippen LogP contribution in [0.4, 0.5) is 0 Å². The monoisotopic (exact) mass is 788 g/mol. The Balaban J connectivity index is 2.25. The third-order valence-electron chi connectivity index (χ3n) is 10.6. The maximum atomic E-state index is 14.2. The van der Waals surface area contributed by atoms with Gasteiger partial charge in [0.1, 0.15) is 29.0 Å². The summed E-state index contributed by atoms with van der Waals surface area (Å²) in [4.78, 5) is 92.8. The Labute approximate surface area is 325 Å². The summed E-state index contributed by atoms with van der Waals surface area (Å²) in [5, 5.41) is 26.8. The molecule has 308 valence electrons. The molecule has 0 radical (unpaired) electrons.